The van der Waals surface area contributed by atoms with Crippen LogP contribution in [0.4, 0.5) is 5.69 Å². The van der Waals surface area contributed by atoms with Gasteiger partial charge < -0.3 is 14.6 Å². The molecule has 188 valence electrons. The highest BCUT2D eigenvalue weighted by Crippen LogP contribution is 2.38. The molecule has 4 rings (SSSR count). The molecule has 0 bridgehead atoms. The minimum Gasteiger partial charge on any atom is -0.493 e. The number of nitrogens with zero attached hydrogens (tertiary/aromatic N) is 1. The maximum absolute atomic E-state index is 13.3. The van der Waals surface area contributed by atoms with Crippen LogP contribution in [0, 0.1) is 0 Å². The van der Waals surface area contributed by atoms with Crippen molar-refractivity contribution in [2.45, 2.75) is 6.61 Å². The number of anilines is 1. The molecule has 1 fully saturated rings. The van der Waals surface area contributed by atoms with Gasteiger partial charge in [0.25, 0.3) is 11.8 Å². The van der Waals surface area contributed by atoms with E-state index in [0.717, 1.165) is 10.5 Å². The Kier molecular flexibility index (Phi) is 7.77. The molecule has 0 unspecified atom stereocenters. The molecule has 2 amide bonds. The largest absolute Gasteiger partial charge is 0.493 e. The van der Waals surface area contributed by atoms with E-state index < -0.39 is 17.8 Å². The summed E-state index contributed by atoms with van der Waals surface area (Å²) in [5, 5.41) is 12.3. The molecular formula is C26H18Cl2N2O6S. The summed E-state index contributed by atoms with van der Waals surface area (Å²) < 4.78 is 11.3. The highest BCUT2D eigenvalue weighted by Gasteiger charge is 2.35. The number of thiocarbonyl (C=S) groups is 1. The summed E-state index contributed by atoms with van der Waals surface area (Å²) in [6.45, 7) is 0.138. The Morgan fingerprint density at radius 1 is 1.08 bits per heavy atom. The number of hydrogen-bond donors (Lipinski definition) is 2. The van der Waals surface area contributed by atoms with E-state index in [2.05, 4.69) is 5.32 Å². The number of carbonyl (C=O) groups is 3. The molecule has 0 saturated carbocycles. The molecule has 1 aliphatic heterocycles. The summed E-state index contributed by atoms with van der Waals surface area (Å²) in [4.78, 5) is 38.4. The van der Waals surface area contributed by atoms with Gasteiger partial charge in [-0.2, -0.15) is 0 Å². The van der Waals surface area contributed by atoms with Gasteiger partial charge in [0.15, 0.2) is 16.6 Å². The number of methoxy groups -OCH3 is 1. The summed E-state index contributed by atoms with van der Waals surface area (Å²) in [6.07, 6.45) is 1.33. The number of carbonyl (C=O) groups excluding carboxylic acids is 2. The molecule has 3 aromatic rings. The average Bonchev–Trinajstić information content (AvgIpc) is 2.86. The fourth-order valence-electron chi connectivity index (χ4n) is 3.57. The van der Waals surface area contributed by atoms with E-state index in [4.69, 9.17) is 44.9 Å². The van der Waals surface area contributed by atoms with Crippen LogP contribution in [0.3, 0.4) is 0 Å². The third-order valence-electron chi connectivity index (χ3n) is 5.35. The fraction of sp³-hybridized carbons (Fsp3) is 0.0769. The standard InChI is InChI=1S/C26H18Cl2N2O6S/c1-35-21-11-14(10-20(28)22(21)36-13-16-5-2-3-8-19(16)27)9-18-23(31)29-26(37)30(24(18)32)17-7-4-6-15(12-17)25(33)34/h2-12H,13H2,1H3,(H,33,34)(H,29,31,37). The lowest BCUT2D eigenvalue weighted by Crippen LogP contribution is -2.54. The van der Waals surface area contributed by atoms with Gasteiger partial charge in [0.05, 0.1) is 23.4 Å². The second kappa shape index (κ2) is 11.0. The first-order chi connectivity index (χ1) is 17.7. The van der Waals surface area contributed by atoms with Gasteiger partial charge in [0.2, 0.25) is 0 Å². The van der Waals surface area contributed by atoms with E-state index in [1.165, 1.54) is 43.5 Å². The number of halogens is 2. The average molecular weight is 557 g/mol. The van der Waals surface area contributed by atoms with Crippen molar-refractivity contribution in [1.82, 2.24) is 5.32 Å². The SMILES string of the molecule is COc1cc(C=C2C(=O)NC(=S)N(c3cccc(C(=O)O)c3)C2=O)cc(Cl)c1OCc1ccccc1Cl. The number of hydrogen-bond acceptors (Lipinski definition) is 6. The zero-order valence-corrected chi connectivity index (χ0v) is 21.5. The van der Waals surface area contributed by atoms with Crippen molar-refractivity contribution in [1.29, 1.82) is 0 Å². The summed E-state index contributed by atoms with van der Waals surface area (Å²) in [5.41, 5.74) is 1.05. The highest BCUT2D eigenvalue weighted by molar-refractivity contribution is 7.80. The van der Waals surface area contributed by atoms with Crippen molar-refractivity contribution in [2.75, 3.05) is 12.0 Å². The molecule has 11 heteroatoms. The van der Waals surface area contributed by atoms with Crippen LogP contribution in [-0.2, 0) is 16.2 Å². The van der Waals surface area contributed by atoms with Crippen molar-refractivity contribution in [3.05, 3.63) is 93.0 Å². The van der Waals surface area contributed by atoms with Gasteiger partial charge in [-0.3, -0.25) is 19.8 Å². The molecule has 0 radical (unpaired) electrons. The van der Waals surface area contributed by atoms with Crippen molar-refractivity contribution >= 4 is 70.1 Å². The van der Waals surface area contributed by atoms with Crippen molar-refractivity contribution < 1.29 is 29.0 Å². The summed E-state index contributed by atoms with van der Waals surface area (Å²) in [5.74, 6) is -2.08. The van der Waals surface area contributed by atoms with Crippen molar-refractivity contribution in [2.24, 2.45) is 0 Å². The second-order valence-corrected chi connectivity index (χ2v) is 8.93. The third kappa shape index (κ3) is 5.59. The van der Waals surface area contributed by atoms with Gasteiger partial charge in [0.1, 0.15) is 12.2 Å². The van der Waals surface area contributed by atoms with E-state index in [9.17, 15) is 19.5 Å². The Hall–Kier alpha value is -3.92. The van der Waals surface area contributed by atoms with Gasteiger partial charge in [-0.25, -0.2) is 4.79 Å². The minimum absolute atomic E-state index is 0.0422. The topological polar surface area (TPSA) is 105 Å². The first-order valence-corrected chi connectivity index (χ1v) is 11.8. The van der Waals surface area contributed by atoms with Gasteiger partial charge in [-0.15, -0.1) is 0 Å². The minimum atomic E-state index is -1.17. The molecule has 1 heterocycles. The number of benzene rings is 3. The van der Waals surface area contributed by atoms with E-state index in [-0.39, 0.29) is 45.1 Å². The number of aromatic carboxylic acids is 1. The third-order valence-corrected chi connectivity index (χ3v) is 6.28. The Balaban J connectivity index is 1.66. The maximum atomic E-state index is 13.3. The molecule has 0 atom stereocenters. The van der Waals surface area contributed by atoms with Gasteiger partial charge in [-0.05, 0) is 60.3 Å². The van der Waals surface area contributed by atoms with Crippen molar-refractivity contribution in [3.63, 3.8) is 0 Å². The first kappa shape index (κ1) is 26.2. The van der Waals surface area contributed by atoms with Crippen LogP contribution < -0.4 is 19.7 Å². The van der Waals surface area contributed by atoms with Crippen LogP contribution in [0.25, 0.3) is 6.08 Å². The lowest BCUT2D eigenvalue weighted by molar-refractivity contribution is -0.122. The zero-order valence-electron chi connectivity index (χ0n) is 19.2. The quantitative estimate of drug-likeness (QED) is 0.236. The molecule has 0 aromatic heterocycles. The number of ether oxygens (including phenoxy) is 2. The molecular weight excluding hydrogens is 539 g/mol. The molecule has 1 saturated heterocycles. The lowest BCUT2D eigenvalue weighted by atomic mass is 10.1. The smallest absolute Gasteiger partial charge is 0.335 e. The summed E-state index contributed by atoms with van der Waals surface area (Å²) >= 11 is 17.8. The van der Waals surface area contributed by atoms with Crippen LogP contribution in [0.2, 0.25) is 10.0 Å². The Morgan fingerprint density at radius 3 is 2.54 bits per heavy atom. The molecule has 1 aliphatic rings. The number of amides is 2. The molecule has 8 nitrogen and oxygen atoms in total. The summed E-state index contributed by atoms with van der Waals surface area (Å²) in [6, 6.07) is 15.9. The lowest BCUT2D eigenvalue weighted by Gasteiger charge is -2.29. The van der Waals surface area contributed by atoms with Crippen molar-refractivity contribution in [3.8, 4) is 11.5 Å². The summed E-state index contributed by atoms with van der Waals surface area (Å²) in [7, 11) is 1.43. The molecule has 3 aromatic carbocycles. The molecule has 0 spiro atoms. The molecule has 2 N–H and O–H groups in total. The van der Waals surface area contributed by atoms with Gasteiger partial charge >= 0.3 is 5.97 Å². The highest BCUT2D eigenvalue weighted by atomic mass is 35.5. The van der Waals surface area contributed by atoms with E-state index >= 15 is 0 Å². The maximum Gasteiger partial charge on any atom is 0.335 e. The van der Waals surface area contributed by atoms with E-state index in [1.54, 1.807) is 18.2 Å². The van der Waals surface area contributed by atoms with Crippen LogP contribution in [-0.4, -0.2) is 35.1 Å². The fourth-order valence-corrected chi connectivity index (χ4v) is 4.31. The Labute approximate surface area is 227 Å². The number of rotatable bonds is 7. The predicted molar refractivity (Wildman–Crippen MR) is 143 cm³/mol. The predicted octanol–water partition coefficient (Wildman–Crippen LogP) is 5.11. The van der Waals surface area contributed by atoms with E-state index in [1.807, 2.05) is 12.1 Å². The number of nitrogens with one attached hydrogen (secondary N) is 1. The van der Waals surface area contributed by atoms with Crippen LogP contribution >= 0.6 is 35.4 Å². The monoisotopic (exact) mass is 556 g/mol. The van der Waals surface area contributed by atoms with Crippen LogP contribution in [0.5, 0.6) is 11.5 Å². The normalized spacial score (nSPS) is 14.5. The van der Waals surface area contributed by atoms with Gasteiger partial charge in [0, 0.05) is 10.6 Å². The Morgan fingerprint density at radius 2 is 1.84 bits per heavy atom. The zero-order chi connectivity index (χ0) is 26.7. The first-order valence-electron chi connectivity index (χ1n) is 10.7. The molecule has 0 aliphatic carbocycles. The van der Waals surface area contributed by atoms with Gasteiger partial charge in [-0.1, -0.05) is 47.5 Å². The Bertz CT molecular complexity index is 1470. The number of carboxylic acid groups (broad SMARTS) is 1. The second-order valence-electron chi connectivity index (χ2n) is 7.73. The van der Waals surface area contributed by atoms with Crippen LogP contribution in [0.1, 0.15) is 21.5 Å². The van der Waals surface area contributed by atoms with E-state index in [0.29, 0.717) is 10.6 Å². The number of carboxylic acids is 1. The van der Waals surface area contributed by atoms with Crippen LogP contribution in [0.15, 0.2) is 66.2 Å². The molecule has 37 heavy (non-hydrogen) atoms.